The Balaban J connectivity index is 3.35. The molecule has 0 spiro atoms. The first-order chi connectivity index (χ1) is 9.31. The summed E-state index contributed by atoms with van der Waals surface area (Å²) in [7, 11) is 2.81. The van der Waals surface area contributed by atoms with Gasteiger partial charge in [-0.3, -0.25) is 19.7 Å². The Hall–Kier alpha value is -2.75. The van der Waals surface area contributed by atoms with Crippen molar-refractivity contribution in [3.05, 3.63) is 39.4 Å². The largest absolute Gasteiger partial charge is 0.347 e. The van der Waals surface area contributed by atoms with Gasteiger partial charge in [0, 0.05) is 19.7 Å². The van der Waals surface area contributed by atoms with Crippen LogP contribution in [0.5, 0.6) is 0 Å². The molecule has 0 radical (unpaired) electrons. The van der Waals surface area contributed by atoms with Crippen molar-refractivity contribution in [2.45, 2.75) is 6.92 Å². The van der Waals surface area contributed by atoms with Crippen molar-refractivity contribution in [3.63, 3.8) is 0 Å². The third-order valence-corrected chi connectivity index (χ3v) is 2.76. The van der Waals surface area contributed by atoms with Crippen molar-refractivity contribution in [3.8, 4) is 6.07 Å². The van der Waals surface area contributed by atoms with Crippen molar-refractivity contribution in [2.75, 3.05) is 14.1 Å². The molecule has 7 heteroatoms. The van der Waals surface area contributed by atoms with Crippen LogP contribution in [0, 0.1) is 34.3 Å². The molecule has 0 heterocycles. The van der Waals surface area contributed by atoms with Gasteiger partial charge < -0.3 is 4.90 Å². The normalized spacial score (nSPS) is 11.3. The molecule has 1 amide bonds. The van der Waals surface area contributed by atoms with Gasteiger partial charge in [0.05, 0.1) is 16.6 Å². The van der Waals surface area contributed by atoms with E-state index in [0.717, 1.165) is 4.90 Å². The number of hydrogen-bond acceptors (Lipinski definition) is 5. The van der Waals surface area contributed by atoms with Gasteiger partial charge in [0.25, 0.3) is 5.69 Å². The summed E-state index contributed by atoms with van der Waals surface area (Å²) in [6.07, 6.45) is 0. The predicted molar refractivity (Wildman–Crippen MR) is 70.0 cm³/mol. The van der Waals surface area contributed by atoms with E-state index in [9.17, 15) is 19.7 Å². The molecular formula is C13H13N3O4. The molecule has 20 heavy (non-hydrogen) atoms. The van der Waals surface area contributed by atoms with Gasteiger partial charge in [-0.1, -0.05) is 12.1 Å². The molecule has 0 aliphatic heterocycles. The standard InChI is InChI=1S/C13H13N3O4/c1-8-5-4-6-9(11(8)16(19)20)12(17)10(7-14)13(18)15(2)3/h4-6,10H,1-3H3. The second-order valence-corrected chi connectivity index (χ2v) is 4.39. The fourth-order valence-corrected chi connectivity index (χ4v) is 1.74. The molecule has 104 valence electrons. The van der Waals surface area contributed by atoms with Crippen molar-refractivity contribution in [1.82, 2.24) is 4.90 Å². The first-order valence-corrected chi connectivity index (χ1v) is 5.70. The number of carbonyl (C=O) groups is 2. The van der Waals surface area contributed by atoms with E-state index in [-0.39, 0.29) is 11.3 Å². The van der Waals surface area contributed by atoms with Crippen molar-refractivity contribution in [1.29, 1.82) is 5.26 Å². The maximum atomic E-state index is 12.2. The zero-order chi connectivity index (χ0) is 15.4. The lowest BCUT2D eigenvalue weighted by Crippen LogP contribution is -2.34. The molecule has 1 aromatic rings. The minimum atomic E-state index is -1.58. The molecule has 0 fully saturated rings. The van der Waals surface area contributed by atoms with Crippen LogP contribution in [0.15, 0.2) is 18.2 Å². The monoisotopic (exact) mass is 275 g/mol. The van der Waals surface area contributed by atoms with E-state index in [4.69, 9.17) is 5.26 Å². The van der Waals surface area contributed by atoms with Gasteiger partial charge >= 0.3 is 0 Å². The summed E-state index contributed by atoms with van der Waals surface area (Å²) in [5, 5.41) is 20.0. The molecule has 1 aromatic carbocycles. The number of nitrogens with zero attached hydrogens (tertiary/aromatic N) is 3. The van der Waals surface area contributed by atoms with E-state index in [1.54, 1.807) is 6.07 Å². The minimum absolute atomic E-state index is 0.225. The van der Waals surface area contributed by atoms with Crippen LogP contribution in [0.4, 0.5) is 5.69 Å². The lowest BCUT2D eigenvalue weighted by Gasteiger charge is -2.14. The third kappa shape index (κ3) is 2.80. The van der Waals surface area contributed by atoms with Crippen molar-refractivity contribution in [2.24, 2.45) is 5.92 Å². The van der Waals surface area contributed by atoms with Crippen LogP contribution in [0.1, 0.15) is 15.9 Å². The van der Waals surface area contributed by atoms with Crippen molar-refractivity contribution >= 4 is 17.4 Å². The van der Waals surface area contributed by atoms with Crippen LogP contribution < -0.4 is 0 Å². The average molecular weight is 275 g/mol. The van der Waals surface area contributed by atoms with Gasteiger partial charge in [0.2, 0.25) is 5.91 Å². The predicted octanol–water partition coefficient (Wildman–Crippen LogP) is 1.31. The number of rotatable bonds is 4. The molecular weight excluding hydrogens is 262 g/mol. The van der Waals surface area contributed by atoms with Crippen LogP contribution in [0.2, 0.25) is 0 Å². The van der Waals surface area contributed by atoms with Gasteiger partial charge in [-0.2, -0.15) is 5.26 Å². The highest BCUT2D eigenvalue weighted by molar-refractivity contribution is 6.13. The second kappa shape index (κ2) is 5.93. The lowest BCUT2D eigenvalue weighted by molar-refractivity contribution is -0.385. The third-order valence-electron chi connectivity index (χ3n) is 2.76. The summed E-state index contributed by atoms with van der Waals surface area (Å²) in [6, 6.07) is 5.82. The number of nitro benzene ring substituents is 1. The van der Waals surface area contributed by atoms with E-state index in [1.807, 2.05) is 0 Å². The number of amides is 1. The van der Waals surface area contributed by atoms with Crippen LogP contribution in [0.25, 0.3) is 0 Å². The van der Waals surface area contributed by atoms with Gasteiger partial charge in [-0.05, 0) is 13.0 Å². The molecule has 1 rings (SSSR count). The van der Waals surface area contributed by atoms with Gasteiger partial charge in [-0.25, -0.2) is 0 Å². The van der Waals surface area contributed by atoms with Gasteiger partial charge in [0.1, 0.15) is 0 Å². The maximum Gasteiger partial charge on any atom is 0.283 e. The van der Waals surface area contributed by atoms with Crippen LogP contribution >= 0.6 is 0 Å². The van der Waals surface area contributed by atoms with Crippen LogP contribution in [-0.4, -0.2) is 35.6 Å². The minimum Gasteiger partial charge on any atom is -0.347 e. The smallest absolute Gasteiger partial charge is 0.283 e. The zero-order valence-corrected chi connectivity index (χ0v) is 11.3. The maximum absolute atomic E-state index is 12.2. The first kappa shape index (κ1) is 15.3. The molecule has 1 unspecified atom stereocenters. The fraction of sp³-hybridized carbons (Fsp3) is 0.308. The molecule has 0 bridgehead atoms. The molecule has 0 aliphatic rings. The highest BCUT2D eigenvalue weighted by Crippen LogP contribution is 2.25. The SMILES string of the molecule is Cc1cccc(C(=O)C(C#N)C(=O)N(C)C)c1[N+](=O)[O-]. The molecule has 0 saturated carbocycles. The Bertz CT molecular complexity index is 617. The fourth-order valence-electron chi connectivity index (χ4n) is 1.74. The quantitative estimate of drug-likeness (QED) is 0.356. The topological polar surface area (TPSA) is 104 Å². The van der Waals surface area contributed by atoms with Crippen LogP contribution in [-0.2, 0) is 4.79 Å². The number of carbonyl (C=O) groups excluding carboxylic acids is 2. The average Bonchev–Trinajstić information content (AvgIpc) is 2.38. The number of hydrogen-bond donors (Lipinski definition) is 0. The summed E-state index contributed by atoms with van der Waals surface area (Å²) in [6.45, 7) is 1.49. The Labute approximate surface area is 115 Å². The summed E-state index contributed by atoms with van der Waals surface area (Å²) in [4.78, 5) is 35.5. The number of nitriles is 1. The Morgan fingerprint density at radius 2 is 2.00 bits per heavy atom. The van der Waals surface area contributed by atoms with E-state index >= 15 is 0 Å². The molecule has 0 aliphatic carbocycles. The lowest BCUT2D eigenvalue weighted by atomic mass is 9.95. The summed E-state index contributed by atoms with van der Waals surface area (Å²) < 4.78 is 0. The van der Waals surface area contributed by atoms with Gasteiger partial charge in [-0.15, -0.1) is 0 Å². The van der Waals surface area contributed by atoms with E-state index in [0.29, 0.717) is 5.56 Å². The molecule has 0 aromatic heterocycles. The van der Waals surface area contributed by atoms with Crippen LogP contribution in [0.3, 0.4) is 0 Å². The Kier molecular flexibility index (Phi) is 4.54. The number of Topliss-reactive ketones (excluding diaryl/α,β-unsaturated/α-hetero) is 1. The molecule has 0 saturated heterocycles. The number of ketones is 1. The number of para-hydroxylation sites is 1. The Morgan fingerprint density at radius 3 is 2.45 bits per heavy atom. The molecule has 7 nitrogen and oxygen atoms in total. The molecule has 1 atom stereocenters. The number of benzene rings is 1. The van der Waals surface area contributed by atoms with E-state index in [1.165, 1.54) is 39.2 Å². The number of aryl methyl sites for hydroxylation is 1. The first-order valence-electron chi connectivity index (χ1n) is 5.70. The van der Waals surface area contributed by atoms with E-state index < -0.39 is 22.5 Å². The summed E-state index contributed by atoms with van der Waals surface area (Å²) >= 11 is 0. The highest BCUT2D eigenvalue weighted by atomic mass is 16.6. The van der Waals surface area contributed by atoms with E-state index in [2.05, 4.69) is 0 Å². The van der Waals surface area contributed by atoms with Gasteiger partial charge in [0.15, 0.2) is 11.7 Å². The highest BCUT2D eigenvalue weighted by Gasteiger charge is 2.33. The Morgan fingerprint density at radius 1 is 1.40 bits per heavy atom. The summed E-state index contributed by atoms with van der Waals surface area (Å²) in [5.41, 5.74) is -0.295. The number of nitro groups is 1. The second-order valence-electron chi connectivity index (χ2n) is 4.39. The van der Waals surface area contributed by atoms with Crippen molar-refractivity contribution < 1.29 is 14.5 Å². The zero-order valence-electron chi connectivity index (χ0n) is 11.3. The molecule has 0 N–H and O–H groups in total. The summed E-state index contributed by atoms with van der Waals surface area (Å²) in [5.74, 6) is -3.14.